The maximum absolute atomic E-state index is 6.06. The summed E-state index contributed by atoms with van der Waals surface area (Å²) in [5, 5.41) is 4.30. The summed E-state index contributed by atoms with van der Waals surface area (Å²) in [4.78, 5) is 0. The zero-order valence-corrected chi connectivity index (χ0v) is 11.2. The van der Waals surface area contributed by atoms with Crippen LogP contribution in [-0.2, 0) is 4.74 Å². The number of hydrogen-bond donors (Lipinski definition) is 1. The fourth-order valence-electron chi connectivity index (χ4n) is 2.37. The van der Waals surface area contributed by atoms with Crippen molar-refractivity contribution in [1.29, 1.82) is 0 Å². The molecule has 17 heavy (non-hydrogen) atoms. The molecule has 0 radical (unpaired) electrons. The Morgan fingerprint density at radius 3 is 2.76 bits per heavy atom. The number of hydrogen-bond acceptors (Lipinski definition) is 2. The fraction of sp³-hybridized carbons (Fsp3) is 0.571. The van der Waals surface area contributed by atoms with Gasteiger partial charge in [0.05, 0.1) is 12.1 Å². The number of methoxy groups -OCH3 is 1. The van der Waals surface area contributed by atoms with Crippen LogP contribution in [0.4, 0.5) is 0 Å². The van der Waals surface area contributed by atoms with E-state index in [2.05, 4.69) is 18.3 Å². The van der Waals surface area contributed by atoms with E-state index in [0.29, 0.717) is 5.92 Å². The summed E-state index contributed by atoms with van der Waals surface area (Å²) in [5.41, 5.74) is 1.22. The second kappa shape index (κ2) is 5.85. The van der Waals surface area contributed by atoms with E-state index in [-0.39, 0.29) is 12.1 Å². The van der Waals surface area contributed by atoms with Gasteiger partial charge in [-0.2, -0.15) is 0 Å². The van der Waals surface area contributed by atoms with Crippen LogP contribution in [0.15, 0.2) is 24.3 Å². The van der Waals surface area contributed by atoms with Crippen LogP contribution in [-0.4, -0.2) is 19.8 Å². The van der Waals surface area contributed by atoms with Crippen molar-refractivity contribution in [3.8, 4) is 0 Å². The molecule has 0 aliphatic heterocycles. The highest BCUT2D eigenvalue weighted by Crippen LogP contribution is 2.40. The molecule has 1 fully saturated rings. The minimum atomic E-state index is 0.246. The van der Waals surface area contributed by atoms with Crippen molar-refractivity contribution in [3.63, 3.8) is 0 Å². The van der Waals surface area contributed by atoms with Gasteiger partial charge in [0, 0.05) is 12.1 Å². The fourth-order valence-corrected chi connectivity index (χ4v) is 2.57. The summed E-state index contributed by atoms with van der Waals surface area (Å²) in [5.74, 6) is 0.697. The molecule has 2 atom stereocenters. The standard InChI is InChI=1S/C14H20ClNO/c1-3-16-13(14(17-2)10-7-8-10)11-5-4-6-12(15)9-11/h4-6,9-10,13-14,16H,3,7-8H2,1-2H3. The van der Waals surface area contributed by atoms with E-state index in [1.54, 1.807) is 7.11 Å². The Bertz CT molecular complexity index is 365. The number of likely N-dealkylation sites (N-methyl/N-ethyl adjacent to an activating group) is 1. The van der Waals surface area contributed by atoms with Crippen molar-refractivity contribution in [3.05, 3.63) is 34.9 Å². The van der Waals surface area contributed by atoms with Crippen LogP contribution in [0.1, 0.15) is 31.4 Å². The molecule has 2 rings (SSSR count). The number of halogens is 1. The van der Waals surface area contributed by atoms with Crippen LogP contribution in [0, 0.1) is 5.92 Å². The maximum Gasteiger partial charge on any atom is 0.0794 e. The Morgan fingerprint density at radius 2 is 2.24 bits per heavy atom. The Labute approximate surface area is 108 Å². The van der Waals surface area contributed by atoms with E-state index >= 15 is 0 Å². The summed E-state index contributed by atoms with van der Waals surface area (Å²) in [6.45, 7) is 3.06. The SMILES string of the molecule is CCNC(c1cccc(Cl)c1)C(OC)C1CC1. The lowest BCUT2D eigenvalue weighted by Crippen LogP contribution is -2.34. The third-order valence-electron chi connectivity index (χ3n) is 3.32. The highest BCUT2D eigenvalue weighted by atomic mass is 35.5. The minimum absolute atomic E-state index is 0.246. The van der Waals surface area contributed by atoms with Gasteiger partial charge >= 0.3 is 0 Å². The number of benzene rings is 1. The molecule has 1 aliphatic rings. The first-order valence-electron chi connectivity index (χ1n) is 6.28. The van der Waals surface area contributed by atoms with E-state index in [1.165, 1.54) is 18.4 Å². The van der Waals surface area contributed by atoms with E-state index in [0.717, 1.165) is 11.6 Å². The lowest BCUT2D eigenvalue weighted by molar-refractivity contribution is 0.0512. The Morgan fingerprint density at radius 1 is 1.47 bits per heavy atom. The van der Waals surface area contributed by atoms with E-state index < -0.39 is 0 Å². The van der Waals surface area contributed by atoms with Gasteiger partial charge in [0.1, 0.15) is 0 Å². The van der Waals surface area contributed by atoms with Gasteiger partial charge in [-0.3, -0.25) is 0 Å². The molecule has 0 amide bonds. The van der Waals surface area contributed by atoms with Gasteiger partial charge in [-0.15, -0.1) is 0 Å². The van der Waals surface area contributed by atoms with Crippen LogP contribution >= 0.6 is 11.6 Å². The van der Waals surface area contributed by atoms with Crippen molar-refractivity contribution in [2.24, 2.45) is 5.92 Å². The largest absolute Gasteiger partial charge is 0.379 e. The van der Waals surface area contributed by atoms with Gasteiger partial charge < -0.3 is 10.1 Å². The molecule has 0 spiro atoms. The number of rotatable bonds is 6. The van der Waals surface area contributed by atoms with Gasteiger partial charge in [0.25, 0.3) is 0 Å². The Balaban J connectivity index is 2.20. The predicted molar refractivity (Wildman–Crippen MR) is 71.4 cm³/mol. The summed E-state index contributed by atoms with van der Waals surface area (Å²) < 4.78 is 5.68. The molecule has 2 unspecified atom stereocenters. The van der Waals surface area contributed by atoms with Gasteiger partial charge in [-0.1, -0.05) is 30.7 Å². The van der Waals surface area contributed by atoms with Gasteiger partial charge in [-0.05, 0) is 43.0 Å². The molecule has 1 aromatic carbocycles. The van der Waals surface area contributed by atoms with Crippen molar-refractivity contribution in [2.45, 2.75) is 31.9 Å². The third kappa shape index (κ3) is 3.21. The van der Waals surface area contributed by atoms with E-state index in [1.807, 2.05) is 18.2 Å². The Hall–Kier alpha value is -0.570. The van der Waals surface area contributed by atoms with Crippen LogP contribution in [0.5, 0.6) is 0 Å². The van der Waals surface area contributed by atoms with Crippen LogP contribution < -0.4 is 5.32 Å². The summed E-state index contributed by atoms with van der Waals surface area (Å²) in [7, 11) is 1.80. The molecular formula is C14H20ClNO. The number of nitrogens with one attached hydrogen (secondary N) is 1. The molecule has 94 valence electrons. The molecule has 1 aromatic rings. The van der Waals surface area contributed by atoms with Crippen molar-refractivity contribution < 1.29 is 4.74 Å². The van der Waals surface area contributed by atoms with Gasteiger partial charge in [0.15, 0.2) is 0 Å². The first kappa shape index (κ1) is 12.9. The second-order valence-electron chi connectivity index (χ2n) is 4.63. The summed E-state index contributed by atoms with van der Waals surface area (Å²) in [6, 6.07) is 8.31. The predicted octanol–water partition coefficient (Wildman–Crippen LogP) is 3.42. The molecule has 1 saturated carbocycles. The first-order valence-corrected chi connectivity index (χ1v) is 6.65. The van der Waals surface area contributed by atoms with Crippen LogP contribution in [0.25, 0.3) is 0 Å². The minimum Gasteiger partial charge on any atom is -0.379 e. The summed E-state index contributed by atoms with van der Waals surface area (Å²) in [6.07, 6.45) is 2.82. The average molecular weight is 254 g/mol. The molecule has 1 aliphatic carbocycles. The molecule has 0 bridgehead atoms. The highest BCUT2D eigenvalue weighted by Gasteiger charge is 2.37. The molecular weight excluding hydrogens is 234 g/mol. The van der Waals surface area contributed by atoms with Crippen LogP contribution in [0.3, 0.4) is 0 Å². The van der Waals surface area contributed by atoms with E-state index in [9.17, 15) is 0 Å². The molecule has 1 N–H and O–H groups in total. The highest BCUT2D eigenvalue weighted by molar-refractivity contribution is 6.30. The topological polar surface area (TPSA) is 21.3 Å². The zero-order chi connectivity index (χ0) is 12.3. The zero-order valence-electron chi connectivity index (χ0n) is 10.4. The second-order valence-corrected chi connectivity index (χ2v) is 5.06. The molecule has 0 heterocycles. The van der Waals surface area contributed by atoms with Crippen molar-refractivity contribution >= 4 is 11.6 Å². The lowest BCUT2D eigenvalue weighted by atomic mass is 9.98. The molecule has 2 nitrogen and oxygen atoms in total. The van der Waals surface area contributed by atoms with Crippen molar-refractivity contribution in [2.75, 3.05) is 13.7 Å². The van der Waals surface area contributed by atoms with Gasteiger partial charge in [-0.25, -0.2) is 0 Å². The first-order chi connectivity index (χ1) is 8.26. The van der Waals surface area contributed by atoms with Gasteiger partial charge in [0.2, 0.25) is 0 Å². The average Bonchev–Trinajstić information content (AvgIpc) is 3.13. The van der Waals surface area contributed by atoms with E-state index in [4.69, 9.17) is 16.3 Å². The third-order valence-corrected chi connectivity index (χ3v) is 3.55. The number of ether oxygens (including phenoxy) is 1. The lowest BCUT2D eigenvalue weighted by Gasteiger charge is -2.27. The quantitative estimate of drug-likeness (QED) is 0.839. The normalized spacial score (nSPS) is 19.0. The molecule has 3 heteroatoms. The Kier molecular flexibility index (Phi) is 4.43. The monoisotopic (exact) mass is 253 g/mol. The molecule has 0 saturated heterocycles. The summed E-state index contributed by atoms with van der Waals surface area (Å²) >= 11 is 6.06. The maximum atomic E-state index is 6.06. The van der Waals surface area contributed by atoms with Crippen molar-refractivity contribution in [1.82, 2.24) is 5.32 Å². The molecule has 0 aromatic heterocycles. The van der Waals surface area contributed by atoms with Crippen LogP contribution in [0.2, 0.25) is 5.02 Å². The smallest absolute Gasteiger partial charge is 0.0794 e.